The van der Waals surface area contributed by atoms with Crippen molar-refractivity contribution in [3.63, 3.8) is 0 Å². The third kappa shape index (κ3) is 1.63. The summed E-state index contributed by atoms with van der Waals surface area (Å²) in [6.45, 7) is 1.97. The number of hydrogen-bond acceptors (Lipinski definition) is 2. The second-order valence-electron chi connectivity index (χ2n) is 2.71. The zero-order valence-electron chi connectivity index (χ0n) is 5.60. The van der Waals surface area contributed by atoms with Crippen molar-refractivity contribution in [2.24, 2.45) is 5.73 Å². The summed E-state index contributed by atoms with van der Waals surface area (Å²) in [5, 5.41) is 2.74. The molecule has 1 rings (SSSR count). The first-order valence-corrected chi connectivity index (χ1v) is 3.36. The summed E-state index contributed by atoms with van der Waals surface area (Å²) in [6.07, 6.45) is 0.797. The van der Waals surface area contributed by atoms with Crippen molar-refractivity contribution in [3.05, 3.63) is 0 Å². The van der Waals surface area contributed by atoms with Gasteiger partial charge in [-0.3, -0.25) is 5.32 Å². The van der Waals surface area contributed by atoms with Crippen LogP contribution in [0.25, 0.3) is 0 Å². The van der Waals surface area contributed by atoms with Gasteiger partial charge in [0.25, 0.3) is 0 Å². The fourth-order valence-corrected chi connectivity index (χ4v) is 1.07. The second-order valence-corrected chi connectivity index (χ2v) is 2.71. The fourth-order valence-electron chi connectivity index (χ4n) is 1.07. The van der Waals surface area contributed by atoms with E-state index in [1.807, 2.05) is 6.92 Å². The van der Waals surface area contributed by atoms with E-state index in [9.17, 15) is 4.39 Å². The van der Waals surface area contributed by atoms with Gasteiger partial charge in [-0.1, -0.05) is 0 Å². The molecule has 0 bridgehead atoms. The normalized spacial score (nSPS) is 45.0. The molecule has 2 nitrogen and oxygen atoms in total. The second kappa shape index (κ2) is 2.62. The Kier molecular flexibility index (Phi) is 2.03. The molecule has 0 saturated carbocycles. The Morgan fingerprint density at radius 3 is 2.67 bits per heavy atom. The van der Waals surface area contributed by atoms with E-state index in [2.05, 4.69) is 5.32 Å². The van der Waals surface area contributed by atoms with Gasteiger partial charge in [0.15, 0.2) is 6.30 Å². The van der Waals surface area contributed by atoms with Crippen LogP contribution in [-0.2, 0) is 0 Å². The molecular weight excluding hydrogens is 119 g/mol. The monoisotopic (exact) mass is 132 g/mol. The Morgan fingerprint density at radius 2 is 2.22 bits per heavy atom. The number of nitrogens with two attached hydrogens (primary N) is 1. The number of hydrogen-bond donors (Lipinski definition) is 2. The third-order valence-electron chi connectivity index (χ3n) is 1.75. The standard InChI is InChI=1S/C6H13FN2/c1-4-2-3-5(8)6(7)9-4/h4-6,9H,2-3,8H2,1H3. The number of piperidine rings is 1. The summed E-state index contributed by atoms with van der Waals surface area (Å²) < 4.78 is 12.6. The van der Waals surface area contributed by atoms with Crippen LogP contribution >= 0.6 is 0 Å². The van der Waals surface area contributed by atoms with E-state index < -0.39 is 6.30 Å². The average Bonchev–Trinajstić information content (AvgIpc) is 1.80. The lowest BCUT2D eigenvalue weighted by molar-refractivity contribution is 0.164. The van der Waals surface area contributed by atoms with Crippen molar-refractivity contribution in [1.82, 2.24) is 5.32 Å². The molecule has 3 atom stereocenters. The van der Waals surface area contributed by atoms with Gasteiger partial charge in [-0.15, -0.1) is 0 Å². The van der Waals surface area contributed by atoms with Gasteiger partial charge >= 0.3 is 0 Å². The van der Waals surface area contributed by atoms with E-state index in [4.69, 9.17) is 5.73 Å². The van der Waals surface area contributed by atoms with Crippen molar-refractivity contribution in [2.75, 3.05) is 0 Å². The van der Waals surface area contributed by atoms with Crippen LogP contribution in [0.5, 0.6) is 0 Å². The minimum Gasteiger partial charge on any atom is -0.324 e. The molecule has 0 radical (unpaired) electrons. The molecular formula is C6H13FN2. The molecule has 3 unspecified atom stereocenters. The molecule has 1 aliphatic rings. The topological polar surface area (TPSA) is 38.0 Å². The van der Waals surface area contributed by atoms with E-state index in [0.717, 1.165) is 12.8 Å². The predicted octanol–water partition coefficient (Wildman–Crippen LogP) is 0.381. The highest BCUT2D eigenvalue weighted by Gasteiger charge is 2.23. The lowest BCUT2D eigenvalue weighted by Crippen LogP contribution is -2.50. The van der Waals surface area contributed by atoms with Gasteiger partial charge in [0.05, 0.1) is 0 Å². The van der Waals surface area contributed by atoms with Crippen molar-refractivity contribution < 1.29 is 4.39 Å². The molecule has 1 fully saturated rings. The van der Waals surface area contributed by atoms with Gasteiger partial charge in [-0.05, 0) is 19.8 Å². The average molecular weight is 132 g/mol. The highest BCUT2D eigenvalue weighted by molar-refractivity contribution is 4.80. The first kappa shape index (κ1) is 6.96. The molecule has 1 saturated heterocycles. The molecule has 0 aliphatic carbocycles. The Bertz CT molecular complexity index is 97.1. The predicted molar refractivity (Wildman–Crippen MR) is 34.7 cm³/mol. The molecule has 3 N–H and O–H groups in total. The molecule has 9 heavy (non-hydrogen) atoms. The van der Waals surface area contributed by atoms with E-state index in [-0.39, 0.29) is 6.04 Å². The van der Waals surface area contributed by atoms with Crippen molar-refractivity contribution in [2.45, 2.75) is 38.1 Å². The summed E-state index contributed by atoms with van der Waals surface area (Å²) in [7, 11) is 0. The van der Waals surface area contributed by atoms with Crippen LogP contribution in [0.3, 0.4) is 0 Å². The summed E-state index contributed by atoms with van der Waals surface area (Å²) in [6, 6.07) is 0.000926. The van der Waals surface area contributed by atoms with Gasteiger partial charge in [0.1, 0.15) is 0 Å². The quantitative estimate of drug-likeness (QED) is 0.468. The van der Waals surface area contributed by atoms with Crippen LogP contribution in [0, 0.1) is 0 Å². The maximum Gasteiger partial charge on any atom is 0.166 e. The van der Waals surface area contributed by atoms with Gasteiger partial charge in [-0.2, -0.15) is 0 Å². The molecule has 0 spiro atoms. The van der Waals surface area contributed by atoms with E-state index in [0.29, 0.717) is 6.04 Å². The Hall–Kier alpha value is -0.150. The molecule has 0 amide bonds. The molecule has 3 heteroatoms. The van der Waals surface area contributed by atoms with Crippen LogP contribution in [-0.4, -0.2) is 18.4 Å². The zero-order valence-corrected chi connectivity index (χ0v) is 5.60. The SMILES string of the molecule is CC1CCC(N)C(F)N1. The molecule has 0 aromatic heterocycles. The minimum absolute atomic E-state index is 0.291. The molecule has 0 aromatic rings. The number of halogens is 1. The van der Waals surface area contributed by atoms with Gasteiger partial charge in [-0.25, -0.2) is 4.39 Å². The zero-order chi connectivity index (χ0) is 6.85. The van der Waals surface area contributed by atoms with Gasteiger partial charge in [0.2, 0.25) is 0 Å². The Balaban J connectivity index is 2.35. The summed E-state index contributed by atoms with van der Waals surface area (Å²) in [4.78, 5) is 0. The number of alkyl halides is 1. The maximum atomic E-state index is 12.6. The fraction of sp³-hybridized carbons (Fsp3) is 1.00. The smallest absolute Gasteiger partial charge is 0.166 e. The number of nitrogens with one attached hydrogen (secondary N) is 1. The Labute approximate surface area is 54.6 Å². The molecule has 1 aliphatic heterocycles. The van der Waals surface area contributed by atoms with Crippen LogP contribution in [0.1, 0.15) is 19.8 Å². The number of rotatable bonds is 0. The van der Waals surface area contributed by atoms with Crippen LogP contribution < -0.4 is 11.1 Å². The third-order valence-corrected chi connectivity index (χ3v) is 1.75. The van der Waals surface area contributed by atoms with Crippen molar-refractivity contribution >= 4 is 0 Å². The molecule has 1 heterocycles. The van der Waals surface area contributed by atoms with E-state index >= 15 is 0 Å². The highest BCUT2D eigenvalue weighted by Crippen LogP contribution is 2.11. The van der Waals surface area contributed by atoms with Crippen LogP contribution in [0.15, 0.2) is 0 Å². The van der Waals surface area contributed by atoms with Gasteiger partial charge < -0.3 is 5.73 Å². The first-order chi connectivity index (χ1) is 4.20. The maximum absolute atomic E-state index is 12.6. The summed E-state index contributed by atoms with van der Waals surface area (Å²) in [5.74, 6) is 0. The van der Waals surface area contributed by atoms with Crippen molar-refractivity contribution in [1.29, 1.82) is 0 Å². The molecule has 0 aromatic carbocycles. The summed E-state index contributed by atoms with van der Waals surface area (Å²) in [5.41, 5.74) is 5.40. The largest absolute Gasteiger partial charge is 0.324 e. The van der Waals surface area contributed by atoms with Gasteiger partial charge in [0, 0.05) is 12.1 Å². The lowest BCUT2D eigenvalue weighted by Gasteiger charge is -2.28. The first-order valence-electron chi connectivity index (χ1n) is 3.36. The minimum atomic E-state index is -0.992. The lowest BCUT2D eigenvalue weighted by atomic mass is 10.0. The van der Waals surface area contributed by atoms with Crippen LogP contribution in [0.2, 0.25) is 0 Å². The molecule has 54 valence electrons. The van der Waals surface area contributed by atoms with Crippen molar-refractivity contribution in [3.8, 4) is 0 Å². The van der Waals surface area contributed by atoms with E-state index in [1.54, 1.807) is 0 Å². The highest BCUT2D eigenvalue weighted by atomic mass is 19.1. The van der Waals surface area contributed by atoms with E-state index in [1.165, 1.54) is 0 Å². The van der Waals surface area contributed by atoms with Crippen LogP contribution in [0.4, 0.5) is 4.39 Å². The Morgan fingerprint density at radius 1 is 1.56 bits per heavy atom. The summed E-state index contributed by atoms with van der Waals surface area (Å²) >= 11 is 0.